The average Bonchev–Trinajstić information content (AvgIpc) is 0.982. The summed E-state index contributed by atoms with van der Waals surface area (Å²) in [7, 11) is -9.91. The Labute approximate surface area is 613 Å². The van der Waals surface area contributed by atoms with Crippen LogP contribution in [0.4, 0.5) is 0 Å². The van der Waals surface area contributed by atoms with E-state index >= 15 is 0 Å². The van der Waals surface area contributed by atoms with Crippen molar-refractivity contribution in [2.75, 3.05) is 39.6 Å². The number of aliphatic hydroxyl groups is 1. The number of aliphatic hydroxyl groups excluding tert-OH is 1. The summed E-state index contributed by atoms with van der Waals surface area (Å²) in [6.07, 6.45) is 62.6. The molecule has 0 fully saturated rings. The molecule has 0 rings (SSSR count). The van der Waals surface area contributed by atoms with E-state index in [1.165, 1.54) is 231 Å². The molecule has 0 aliphatic carbocycles. The van der Waals surface area contributed by atoms with Crippen LogP contribution in [0, 0.1) is 11.8 Å². The number of esters is 4. The van der Waals surface area contributed by atoms with Crippen molar-refractivity contribution < 1.29 is 80.2 Å². The Bertz CT molecular complexity index is 1930. The molecule has 17 nitrogen and oxygen atoms in total. The van der Waals surface area contributed by atoms with Crippen LogP contribution in [0.15, 0.2) is 0 Å². The van der Waals surface area contributed by atoms with E-state index in [-0.39, 0.29) is 25.7 Å². The number of carbonyl (C=O) groups excluding carboxylic acids is 4. The Morgan fingerprint density at radius 1 is 0.290 bits per heavy atom. The first kappa shape index (κ1) is 98.1. The van der Waals surface area contributed by atoms with Gasteiger partial charge < -0.3 is 33.8 Å². The molecule has 0 heterocycles. The van der Waals surface area contributed by atoms with E-state index in [0.29, 0.717) is 25.7 Å². The largest absolute Gasteiger partial charge is 0.472 e. The Morgan fingerprint density at radius 2 is 0.510 bits per heavy atom. The number of ether oxygens (including phenoxy) is 4. The number of rotatable bonds is 80. The number of phosphoric acid groups is 2. The average molecular weight is 1470 g/mol. The maximum absolute atomic E-state index is 13.1. The lowest BCUT2D eigenvalue weighted by atomic mass is 9.99. The molecule has 6 atom stereocenters. The Kier molecular flexibility index (Phi) is 71.2. The van der Waals surface area contributed by atoms with Gasteiger partial charge in [-0.1, -0.05) is 375 Å². The van der Waals surface area contributed by atoms with Crippen LogP contribution in [0.5, 0.6) is 0 Å². The molecular weight excluding hydrogens is 1310 g/mol. The Hall–Kier alpha value is -1.94. The van der Waals surface area contributed by atoms with Crippen molar-refractivity contribution in [3.63, 3.8) is 0 Å². The number of phosphoric ester groups is 2. The van der Waals surface area contributed by atoms with E-state index in [1.54, 1.807) is 0 Å². The lowest BCUT2D eigenvalue weighted by Gasteiger charge is -2.21. The van der Waals surface area contributed by atoms with Gasteiger partial charge in [-0.3, -0.25) is 37.3 Å². The molecule has 19 heteroatoms. The van der Waals surface area contributed by atoms with E-state index in [4.69, 9.17) is 37.0 Å². The molecule has 0 aromatic carbocycles. The molecule has 0 aromatic heterocycles. The molecule has 0 radical (unpaired) electrons. The van der Waals surface area contributed by atoms with Gasteiger partial charge in [0.1, 0.15) is 19.3 Å². The fourth-order valence-electron chi connectivity index (χ4n) is 12.5. The van der Waals surface area contributed by atoms with Gasteiger partial charge in [0.25, 0.3) is 0 Å². The molecule has 3 unspecified atom stereocenters. The quantitative estimate of drug-likeness (QED) is 0.0222. The van der Waals surface area contributed by atoms with Crippen LogP contribution in [0.1, 0.15) is 427 Å². The van der Waals surface area contributed by atoms with Gasteiger partial charge in [0.2, 0.25) is 0 Å². The van der Waals surface area contributed by atoms with Gasteiger partial charge in [-0.15, -0.1) is 0 Å². The molecule has 0 aliphatic rings. The van der Waals surface area contributed by atoms with Gasteiger partial charge in [-0.25, -0.2) is 9.13 Å². The Balaban J connectivity index is 5.17. The first-order chi connectivity index (χ1) is 48.4. The maximum Gasteiger partial charge on any atom is 0.472 e. The number of hydrogen-bond donors (Lipinski definition) is 3. The molecule has 594 valence electrons. The van der Waals surface area contributed by atoms with Crippen LogP contribution in [0.3, 0.4) is 0 Å². The summed E-state index contributed by atoms with van der Waals surface area (Å²) in [6.45, 7) is 9.64. The Morgan fingerprint density at radius 3 is 0.760 bits per heavy atom. The fraction of sp³-hybridized carbons (Fsp3) is 0.951. The van der Waals surface area contributed by atoms with Crippen molar-refractivity contribution in [3.8, 4) is 0 Å². The summed E-state index contributed by atoms with van der Waals surface area (Å²) in [5.74, 6) is -0.499. The summed E-state index contributed by atoms with van der Waals surface area (Å²) >= 11 is 0. The normalized spacial score (nSPS) is 14.2. The molecule has 0 saturated heterocycles. The van der Waals surface area contributed by atoms with Gasteiger partial charge >= 0.3 is 39.5 Å². The van der Waals surface area contributed by atoms with Crippen molar-refractivity contribution in [2.24, 2.45) is 11.8 Å². The molecule has 0 amide bonds. The van der Waals surface area contributed by atoms with Crippen LogP contribution in [0.25, 0.3) is 0 Å². The number of carbonyl (C=O) groups is 4. The molecule has 0 spiro atoms. The highest BCUT2D eigenvalue weighted by atomic mass is 31.2. The fourth-order valence-corrected chi connectivity index (χ4v) is 14.1. The monoisotopic (exact) mass is 1470 g/mol. The summed E-state index contributed by atoms with van der Waals surface area (Å²) < 4.78 is 68.6. The van der Waals surface area contributed by atoms with Crippen molar-refractivity contribution >= 4 is 39.5 Å². The first-order valence-corrected chi connectivity index (χ1v) is 45.0. The zero-order chi connectivity index (χ0) is 73.5. The van der Waals surface area contributed by atoms with Crippen LogP contribution in [0.2, 0.25) is 0 Å². The molecule has 100 heavy (non-hydrogen) atoms. The van der Waals surface area contributed by atoms with Crippen LogP contribution in [-0.2, 0) is 65.4 Å². The molecule has 0 bridgehead atoms. The summed E-state index contributed by atoms with van der Waals surface area (Å²) in [6, 6.07) is 0. The predicted molar refractivity (Wildman–Crippen MR) is 409 cm³/mol. The second-order valence-electron chi connectivity index (χ2n) is 29.9. The van der Waals surface area contributed by atoms with E-state index in [2.05, 4.69) is 41.5 Å². The van der Waals surface area contributed by atoms with Gasteiger partial charge in [-0.05, 0) is 37.5 Å². The van der Waals surface area contributed by atoms with Crippen LogP contribution < -0.4 is 0 Å². The molecule has 3 N–H and O–H groups in total. The molecule has 0 saturated carbocycles. The highest BCUT2D eigenvalue weighted by Crippen LogP contribution is 2.45. The third-order valence-electron chi connectivity index (χ3n) is 19.3. The highest BCUT2D eigenvalue weighted by molar-refractivity contribution is 7.47. The van der Waals surface area contributed by atoms with Crippen molar-refractivity contribution in [1.82, 2.24) is 0 Å². The third kappa shape index (κ3) is 73.0. The minimum Gasteiger partial charge on any atom is -0.462 e. The first-order valence-electron chi connectivity index (χ1n) is 42.0. The van der Waals surface area contributed by atoms with Crippen molar-refractivity contribution in [3.05, 3.63) is 0 Å². The summed E-state index contributed by atoms with van der Waals surface area (Å²) in [5, 5.41) is 10.6. The van der Waals surface area contributed by atoms with Crippen LogP contribution >= 0.6 is 15.6 Å². The van der Waals surface area contributed by atoms with Crippen molar-refractivity contribution in [2.45, 2.75) is 445 Å². The van der Waals surface area contributed by atoms with Gasteiger partial charge in [-0.2, -0.15) is 0 Å². The predicted octanol–water partition coefficient (Wildman–Crippen LogP) is 24.3. The lowest BCUT2D eigenvalue weighted by Crippen LogP contribution is -2.30. The highest BCUT2D eigenvalue weighted by Gasteiger charge is 2.30. The minimum absolute atomic E-state index is 0.106. The molecular formula is C81H158O17P2. The second-order valence-corrected chi connectivity index (χ2v) is 32.8. The van der Waals surface area contributed by atoms with E-state index < -0.39 is 97.5 Å². The zero-order valence-electron chi connectivity index (χ0n) is 65.5. The van der Waals surface area contributed by atoms with Crippen LogP contribution in [-0.4, -0.2) is 96.7 Å². The van der Waals surface area contributed by atoms with Gasteiger partial charge in [0.15, 0.2) is 12.2 Å². The summed E-state index contributed by atoms with van der Waals surface area (Å²) in [5.41, 5.74) is 0. The van der Waals surface area contributed by atoms with E-state index in [9.17, 15) is 43.2 Å². The molecule has 0 aromatic rings. The molecule has 0 aliphatic heterocycles. The smallest absolute Gasteiger partial charge is 0.462 e. The van der Waals surface area contributed by atoms with E-state index in [1.807, 2.05) is 0 Å². The maximum atomic E-state index is 13.1. The minimum atomic E-state index is -4.96. The van der Waals surface area contributed by atoms with Crippen molar-refractivity contribution in [1.29, 1.82) is 0 Å². The van der Waals surface area contributed by atoms with Gasteiger partial charge in [0, 0.05) is 25.7 Å². The topological polar surface area (TPSA) is 237 Å². The van der Waals surface area contributed by atoms with Gasteiger partial charge in [0.05, 0.1) is 26.4 Å². The SMILES string of the molecule is CCCCCCCCCCCCCCCCCCCCCCCC(=O)O[C@H](COC(=O)CCCCCCCCCCCCCCCCC(C)CC)COP(=O)(O)OC[C@@H](O)COP(=O)(O)OC[C@@H](COC(=O)CCCCCCCCC)OC(=O)CCCCCCCCCCCCCC(C)C. The zero-order valence-corrected chi connectivity index (χ0v) is 67.3. The second kappa shape index (κ2) is 72.6. The number of hydrogen-bond acceptors (Lipinski definition) is 15. The summed E-state index contributed by atoms with van der Waals surface area (Å²) in [4.78, 5) is 72.9. The van der Waals surface area contributed by atoms with E-state index in [0.717, 1.165) is 115 Å². The standard InChI is InChI=1S/C81H158O17P2/c1-7-10-12-14-16-17-18-19-20-21-22-23-24-25-26-31-36-41-47-53-59-65-80(85)98-77(70-92-79(84)64-58-52-46-40-35-30-28-27-29-34-39-45-50-56-62-74(6)9-3)72-96-100(89,90)94-68-75(82)67-93-99(87,88)95-71-76(69-91-78(83)63-57-51-43-15-13-11-8-2)97-81(86)66-60-54-48-42-37-32-33-38-44-49-55-61-73(4)5/h73-77,82H,7-72H2,1-6H3,(H,87,88)(H,89,90)/t74?,75-,76+,77+/m0/s1. The lowest BCUT2D eigenvalue weighted by molar-refractivity contribution is -0.161. The third-order valence-corrected chi connectivity index (χ3v) is 21.2. The number of unbranched alkanes of at least 4 members (excludes halogenated alkanes) is 49.